The predicted molar refractivity (Wildman–Crippen MR) is 221 cm³/mol. The number of nitrogens with one attached hydrogen (secondary N) is 3. The molecule has 9 heteroatoms. The molecule has 1 aliphatic carbocycles. The molecule has 5 aromatic rings. The molecule has 0 bridgehead atoms. The zero-order valence-electron chi connectivity index (χ0n) is 32.0. The number of benzene rings is 5. The van der Waals surface area contributed by atoms with Crippen LogP contribution in [0.2, 0.25) is 0 Å². The molecular formula is C47H46N4O5. The highest BCUT2D eigenvalue weighted by atomic mass is 16.4. The molecule has 7 rings (SSSR count). The highest BCUT2D eigenvalue weighted by molar-refractivity contribution is 6.11. The molecule has 0 radical (unpaired) electrons. The molecule has 284 valence electrons. The quantitative estimate of drug-likeness (QED) is 0.100. The summed E-state index contributed by atoms with van der Waals surface area (Å²) in [7, 11) is 0. The molecule has 56 heavy (non-hydrogen) atoms. The van der Waals surface area contributed by atoms with Gasteiger partial charge in [0.25, 0.3) is 5.91 Å². The summed E-state index contributed by atoms with van der Waals surface area (Å²) in [4.78, 5) is 55.5. The second-order valence-corrected chi connectivity index (χ2v) is 14.9. The van der Waals surface area contributed by atoms with Gasteiger partial charge in [0.15, 0.2) is 0 Å². The standard InChI is InChI=1S/C47H46N4O5/c1-5-29(4)43-38(34-20-10-11-23-37(34)45(53)50-43)26-42(52)48-40-24-14-12-21-35(40)36-22-13-15-25-41(36)49-46(54)44(28(2)3)51(47(55)56)27-39-32-18-8-6-16-30(32)31-17-7-9-19-33(31)39/h6-26,28-29,39,43-44H,5,27H2,1-4H3,(H,48,52)(H,49,54)(H,50,53)(H,55,56)/b38-26-. The van der Waals surface area contributed by atoms with Crippen LogP contribution < -0.4 is 16.0 Å². The topological polar surface area (TPSA) is 128 Å². The lowest BCUT2D eigenvalue weighted by Crippen LogP contribution is -2.51. The summed E-state index contributed by atoms with van der Waals surface area (Å²) in [5, 5.41) is 19.9. The van der Waals surface area contributed by atoms with Crippen molar-refractivity contribution in [3.05, 3.63) is 150 Å². The highest BCUT2D eigenvalue weighted by Crippen LogP contribution is 2.45. The minimum Gasteiger partial charge on any atom is -0.465 e. The number of para-hydroxylation sites is 2. The lowest BCUT2D eigenvalue weighted by atomic mass is 9.82. The van der Waals surface area contributed by atoms with Crippen LogP contribution in [0, 0.1) is 11.8 Å². The normalized spacial score (nSPS) is 16.3. The Hall–Kier alpha value is -6.48. The van der Waals surface area contributed by atoms with Gasteiger partial charge in [-0.15, -0.1) is 0 Å². The summed E-state index contributed by atoms with van der Waals surface area (Å²) in [5.41, 5.74) is 8.54. The van der Waals surface area contributed by atoms with Crippen LogP contribution in [0.5, 0.6) is 0 Å². The van der Waals surface area contributed by atoms with E-state index in [1.807, 2.05) is 98.8 Å². The van der Waals surface area contributed by atoms with Crippen LogP contribution >= 0.6 is 0 Å². The SMILES string of the molecule is CCC(C)C1NC(=O)c2ccccc2/C1=C/C(=O)Nc1ccccc1-c1ccccc1NC(=O)C(C(C)C)N(CC1c2ccccc2-c2ccccc21)C(=O)O. The van der Waals surface area contributed by atoms with Crippen molar-refractivity contribution >= 4 is 40.8 Å². The van der Waals surface area contributed by atoms with Crippen molar-refractivity contribution in [2.75, 3.05) is 17.2 Å². The van der Waals surface area contributed by atoms with Crippen LogP contribution in [0.25, 0.3) is 27.8 Å². The molecule has 5 aromatic carbocycles. The van der Waals surface area contributed by atoms with E-state index < -0.39 is 18.0 Å². The Kier molecular flexibility index (Phi) is 10.9. The van der Waals surface area contributed by atoms with E-state index in [4.69, 9.17) is 0 Å². The van der Waals surface area contributed by atoms with Crippen LogP contribution in [0.3, 0.4) is 0 Å². The van der Waals surface area contributed by atoms with Crippen molar-refractivity contribution < 1.29 is 24.3 Å². The molecule has 4 amide bonds. The van der Waals surface area contributed by atoms with Gasteiger partial charge in [-0.25, -0.2) is 4.79 Å². The lowest BCUT2D eigenvalue weighted by molar-refractivity contribution is -0.122. The number of carboxylic acid groups (broad SMARTS) is 1. The summed E-state index contributed by atoms with van der Waals surface area (Å²) < 4.78 is 0. The van der Waals surface area contributed by atoms with Crippen molar-refractivity contribution in [1.82, 2.24) is 10.2 Å². The fourth-order valence-corrected chi connectivity index (χ4v) is 8.19. The van der Waals surface area contributed by atoms with Gasteiger partial charge in [-0.3, -0.25) is 19.3 Å². The maximum atomic E-state index is 14.3. The van der Waals surface area contributed by atoms with Crippen LogP contribution in [-0.4, -0.2) is 52.4 Å². The molecule has 1 heterocycles. The zero-order chi connectivity index (χ0) is 39.5. The first kappa shape index (κ1) is 37.8. The number of fused-ring (bicyclic) bond motifs is 4. The third-order valence-electron chi connectivity index (χ3n) is 11.1. The third-order valence-corrected chi connectivity index (χ3v) is 11.1. The molecule has 0 fully saturated rings. The van der Waals surface area contributed by atoms with Crippen molar-refractivity contribution in [3.8, 4) is 22.3 Å². The number of anilines is 2. The second-order valence-electron chi connectivity index (χ2n) is 14.9. The Morgan fingerprint density at radius 1 is 0.696 bits per heavy atom. The summed E-state index contributed by atoms with van der Waals surface area (Å²) in [5.74, 6) is -1.46. The minimum absolute atomic E-state index is 0.0885. The molecule has 0 saturated carbocycles. The maximum Gasteiger partial charge on any atom is 0.408 e. The van der Waals surface area contributed by atoms with Gasteiger partial charge < -0.3 is 21.1 Å². The van der Waals surface area contributed by atoms with E-state index in [0.717, 1.165) is 39.8 Å². The molecule has 4 N–H and O–H groups in total. The van der Waals surface area contributed by atoms with E-state index in [9.17, 15) is 24.3 Å². The van der Waals surface area contributed by atoms with Gasteiger partial charge in [0.05, 0.1) is 6.04 Å². The first-order valence-electron chi connectivity index (χ1n) is 19.2. The van der Waals surface area contributed by atoms with Crippen LogP contribution in [0.4, 0.5) is 16.2 Å². The molecule has 0 spiro atoms. The summed E-state index contributed by atoms with van der Waals surface area (Å²) in [6.07, 6.45) is 1.20. The molecule has 3 atom stereocenters. The number of amides is 4. The molecular weight excluding hydrogens is 701 g/mol. The number of carbonyl (C=O) groups excluding carboxylic acids is 3. The Morgan fingerprint density at radius 2 is 1.18 bits per heavy atom. The van der Waals surface area contributed by atoms with Gasteiger partial charge in [0.1, 0.15) is 6.04 Å². The van der Waals surface area contributed by atoms with Gasteiger partial charge in [-0.05, 0) is 63.4 Å². The van der Waals surface area contributed by atoms with Crippen molar-refractivity contribution in [3.63, 3.8) is 0 Å². The fraction of sp³-hybridized carbons (Fsp3) is 0.234. The first-order chi connectivity index (χ1) is 27.1. The van der Waals surface area contributed by atoms with Crippen LogP contribution in [0.1, 0.15) is 67.1 Å². The van der Waals surface area contributed by atoms with Crippen molar-refractivity contribution in [2.24, 2.45) is 11.8 Å². The smallest absolute Gasteiger partial charge is 0.408 e. The van der Waals surface area contributed by atoms with Gasteiger partial charge in [0.2, 0.25) is 11.8 Å². The van der Waals surface area contributed by atoms with Crippen LogP contribution in [0.15, 0.2) is 127 Å². The molecule has 2 aliphatic rings. The van der Waals surface area contributed by atoms with E-state index >= 15 is 0 Å². The van der Waals surface area contributed by atoms with Gasteiger partial charge in [-0.1, -0.05) is 137 Å². The minimum atomic E-state index is -1.17. The maximum absolute atomic E-state index is 14.3. The lowest BCUT2D eigenvalue weighted by Gasteiger charge is -2.33. The van der Waals surface area contributed by atoms with Crippen molar-refractivity contribution in [1.29, 1.82) is 0 Å². The molecule has 1 aliphatic heterocycles. The van der Waals surface area contributed by atoms with E-state index in [-0.39, 0.29) is 42.2 Å². The van der Waals surface area contributed by atoms with Crippen LogP contribution in [-0.2, 0) is 9.59 Å². The first-order valence-corrected chi connectivity index (χ1v) is 19.2. The van der Waals surface area contributed by atoms with Crippen molar-refractivity contribution in [2.45, 2.75) is 52.1 Å². The summed E-state index contributed by atoms with van der Waals surface area (Å²) in [6.45, 7) is 7.92. The largest absolute Gasteiger partial charge is 0.465 e. The van der Waals surface area contributed by atoms with E-state index in [2.05, 4.69) is 41.9 Å². The van der Waals surface area contributed by atoms with E-state index in [0.29, 0.717) is 28.1 Å². The van der Waals surface area contributed by atoms with E-state index in [1.54, 1.807) is 30.3 Å². The average Bonchev–Trinajstić information content (AvgIpc) is 3.51. The number of hydrogen-bond donors (Lipinski definition) is 4. The Labute approximate surface area is 327 Å². The fourth-order valence-electron chi connectivity index (χ4n) is 8.19. The third kappa shape index (κ3) is 7.32. The zero-order valence-corrected chi connectivity index (χ0v) is 32.0. The monoisotopic (exact) mass is 746 g/mol. The molecule has 3 unspecified atom stereocenters. The summed E-state index contributed by atoms with van der Waals surface area (Å²) in [6, 6.07) is 36.7. The number of hydrogen-bond acceptors (Lipinski definition) is 4. The van der Waals surface area contributed by atoms with Gasteiger partial charge >= 0.3 is 6.09 Å². The summed E-state index contributed by atoms with van der Waals surface area (Å²) >= 11 is 0. The molecule has 0 aromatic heterocycles. The molecule has 9 nitrogen and oxygen atoms in total. The number of nitrogens with zero attached hydrogens (tertiary/aromatic N) is 1. The Morgan fingerprint density at radius 3 is 1.71 bits per heavy atom. The Bertz CT molecular complexity index is 2300. The number of rotatable bonds is 11. The van der Waals surface area contributed by atoms with E-state index in [1.165, 1.54) is 4.90 Å². The van der Waals surface area contributed by atoms with Gasteiger partial charge in [-0.2, -0.15) is 0 Å². The molecule has 0 saturated heterocycles. The second kappa shape index (κ2) is 16.1. The highest BCUT2D eigenvalue weighted by Gasteiger charge is 2.38. The number of carbonyl (C=O) groups is 4. The van der Waals surface area contributed by atoms with Gasteiger partial charge in [0, 0.05) is 46.6 Å². The predicted octanol–water partition coefficient (Wildman–Crippen LogP) is 9.29. The Balaban J connectivity index is 1.17. The average molecular weight is 747 g/mol.